The smallest absolute Gasteiger partial charge is 0.342 e. The van der Waals surface area contributed by atoms with Crippen molar-refractivity contribution in [2.45, 2.75) is 12.1 Å². The van der Waals surface area contributed by atoms with Crippen molar-refractivity contribution in [3.8, 4) is 23.0 Å². The van der Waals surface area contributed by atoms with Crippen LogP contribution in [-0.2, 0) is 4.79 Å². The van der Waals surface area contributed by atoms with Gasteiger partial charge in [0.15, 0.2) is 11.5 Å². The zero-order valence-electron chi connectivity index (χ0n) is 15.6. The van der Waals surface area contributed by atoms with Gasteiger partial charge in [0.2, 0.25) is 5.89 Å². The Bertz CT molecular complexity index is 1030. The van der Waals surface area contributed by atoms with Crippen molar-refractivity contribution in [2.24, 2.45) is 0 Å². The van der Waals surface area contributed by atoms with Crippen LogP contribution in [0.3, 0.4) is 0 Å². The van der Waals surface area contributed by atoms with Gasteiger partial charge in [-0.2, -0.15) is 0 Å². The second-order valence-electron chi connectivity index (χ2n) is 5.61. The third-order valence-corrected chi connectivity index (χ3v) is 4.81. The van der Waals surface area contributed by atoms with Crippen LogP contribution in [0.15, 0.2) is 57.0 Å². The van der Waals surface area contributed by atoms with Crippen molar-refractivity contribution in [1.82, 2.24) is 10.2 Å². The number of methoxy groups -OCH3 is 1. The Labute approximate surface area is 176 Å². The minimum absolute atomic E-state index is 0.00878. The topological polar surface area (TPSA) is 94.7 Å². The highest BCUT2D eigenvalue weighted by Crippen LogP contribution is 2.36. The van der Waals surface area contributed by atoms with Crippen LogP contribution in [0.1, 0.15) is 12.5 Å². The molecule has 150 valence electrons. The lowest BCUT2D eigenvalue weighted by Gasteiger charge is -2.12. The monoisotopic (exact) mass is 432 g/mol. The number of rotatable bonds is 8. The number of hydrogen-bond acceptors (Lipinski definition) is 7. The van der Waals surface area contributed by atoms with E-state index in [9.17, 15) is 9.90 Å². The molecule has 29 heavy (non-hydrogen) atoms. The highest BCUT2D eigenvalue weighted by Gasteiger charge is 2.18. The van der Waals surface area contributed by atoms with E-state index >= 15 is 0 Å². The molecule has 0 amide bonds. The van der Waals surface area contributed by atoms with Gasteiger partial charge in [-0.1, -0.05) is 23.7 Å². The van der Waals surface area contributed by atoms with Crippen LogP contribution in [0.5, 0.6) is 11.5 Å². The van der Waals surface area contributed by atoms with E-state index in [0.29, 0.717) is 34.3 Å². The maximum absolute atomic E-state index is 11.8. The standard InChI is InChI=1S/C20H17ClN2O5S/c1-3-27-17-13(5-4-6-15(17)26-2)11-16(19(24)25)29-20-23-22-18(28-20)12-7-9-14(21)10-8-12/h4-11H,3H2,1-2H3,(H,24,25)/b16-11-. The Morgan fingerprint density at radius 2 is 2.00 bits per heavy atom. The zero-order chi connectivity index (χ0) is 20.8. The van der Waals surface area contributed by atoms with E-state index in [4.69, 9.17) is 25.5 Å². The van der Waals surface area contributed by atoms with Crippen LogP contribution in [0, 0.1) is 0 Å². The summed E-state index contributed by atoms with van der Waals surface area (Å²) in [6.45, 7) is 2.24. The van der Waals surface area contributed by atoms with Crippen LogP contribution in [-0.4, -0.2) is 35.0 Å². The highest BCUT2D eigenvalue weighted by molar-refractivity contribution is 8.03. The fraction of sp³-hybridized carbons (Fsp3) is 0.150. The van der Waals surface area contributed by atoms with Crippen molar-refractivity contribution in [1.29, 1.82) is 0 Å². The van der Waals surface area contributed by atoms with Gasteiger partial charge in [-0.3, -0.25) is 0 Å². The molecule has 1 aromatic heterocycles. The summed E-state index contributed by atoms with van der Waals surface area (Å²) in [5, 5.41) is 18.2. The average Bonchev–Trinajstić information content (AvgIpc) is 3.18. The van der Waals surface area contributed by atoms with Gasteiger partial charge in [0.05, 0.1) is 13.7 Å². The average molecular weight is 433 g/mol. The van der Waals surface area contributed by atoms with Gasteiger partial charge >= 0.3 is 5.97 Å². The van der Waals surface area contributed by atoms with Crippen molar-refractivity contribution >= 4 is 35.4 Å². The summed E-state index contributed by atoms with van der Waals surface area (Å²) in [5.41, 5.74) is 1.24. The summed E-state index contributed by atoms with van der Waals surface area (Å²) >= 11 is 6.73. The number of ether oxygens (including phenoxy) is 2. The molecule has 2 aromatic carbocycles. The molecule has 0 bridgehead atoms. The lowest BCUT2D eigenvalue weighted by Crippen LogP contribution is -2.00. The molecular weight excluding hydrogens is 416 g/mol. The fourth-order valence-electron chi connectivity index (χ4n) is 2.44. The third-order valence-electron chi connectivity index (χ3n) is 3.71. The summed E-state index contributed by atoms with van der Waals surface area (Å²) in [4.78, 5) is 11.8. The largest absolute Gasteiger partial charge is 0.493 e. The first-order valence-electron chi connectivity index (χ1n) is 8.54. The molecule has 3 aromatic rings. The molecule has 1 heterocycles. The SMILES string of the molecule is CCOc1c(/C=C(\Sc2nnc(-c3ccc(Cl)cc3)o2)C(=O)O)cccc1OC. The van der Waals surface area contributed by atoms with Crippen LogP contribution in [0.25, 0.3) is 17.5 Å². The molecule has 0 aliphatic heterocycles. The van der Waals surface area contributed by atoms with Crippen molar-refractivity contribution in [3.05, 3.63) is 58.0 Å². The molecule has 7 nitrogen and oxygen atoms in total. The molecule has 0 aliphatic carbocycles. The number of aliphatic carboxylic acids is 1. The normalized spacial score (nSPS) is 11.3. The lowest BCUT2D eigenvalue weighted by atomic mass is 10.1. The van der Waals surface area contributed by atoms with Crippen molar-refractivity contribution in [3.63, 3.8) is 0 Å². The van der Waals surface area contributed by atoms with Gasteiger partial charge in [-0.05, 0) is 55.1 Å². The van der Waals surface area contributed by atoms with E-state index < -0.39 is 5.97 Å². The molecular formula is C20H17ClN2O5S. The van der Waals surface area contributed by atoms with Gasteiger partial charge in [-0.25, -0.2) is 4.79 Å². The molecule has 0 fully saturated rings. The molecule has 1 N–H and O–H groups in total. The highest BCUT2D eigenvalue weighted by atomic mass is 35.5. The molecule has 0 saturated heterocycles. The Hall–Kier alpha value is -2.97. The summed E-state index contributed by atoms with van der Waals surface area (Å²) in [5.74, 6) is 0.110. The number of benzene rings is 2. The Balaban J connectivity index is 1.90. The molecule has 9 heteroatoms. The molecule has 0 spiro atoms. The number of para-hydroxylation sites is 1. The van der Waals surface area contributed by atoms with Crippen LogP contribution < -0.4 is 9.47 Å². The second-order valence-corrected chi connectivity index (χ2v) is 7.04. The van der Waals surface area contributed by atoms with Crippen molar-refractivity contribution < 1.29 is 23.8 Å². The van der Waals surface area contributed by atoms with Gasteiger partial charge in [0.1, 0.15) is 4.91 Å². The molecule has 0 radical (unpaired) electrons. The molecule has 0 saturated carbocycles. The summed E-state index contributed by atoms with van der Waals surface area (Å²) in [7, 11) is 1.52. The first-order valence-corrected chi connectivity index (χ1v) is 9.73. The summed E-state index contributed by atoms with van der Waals surface area (Å²) in [6.07, 6.45) is 1.48. The number of aromatic nitrogens is 2. The lowest BCUT2D eigenvalue weighted by molar-refractivity contribution is -0.131. The molecule has 0 atom stereocenters. The first kappa shape index (κ1) is 20.8. The van der Waals surface area contributed by atoms with Gasteiger partial charge in [0, 0.05) is 16.1 Å². The van der Waals surface area contributed by atoms with E-state index in [2.05, 4.69) is 10.2 Å². The van der Waals surface area contributed by atoms with Crippen LogP contribution in [0.2, 0.25) is 5.02 Å². The van der Waals surface area contributed by atoms with Gasteiger partial charge in [-0.15, -0.1) is 10.2 Å². The van der Waals surface area contributed by atoms with Crippen molar-refractivity contribution in [2.75, 3.05) is 13.7 Å². The van der Waals surface area contributed by atoms with E-state index in [1.165, 1.54) is 13.2 Å². The Morgan fingerprint density at radius 1 is 1.24 bits per heavy atom. The second kappa shape index (κ2) is 9.49. The number of carboxylic acids is 1. The van der Waals surface area contributed by atoms with E-state index in [0.717, 1.165) is 11.8 Å². The zero-order valence-corrected chi connectivity index (χ0v) is 17.2. The summed E-state index contributed by atoms with van der Waals surface area (Å²) < 4.78 is 16.5. The maximum Gasteiger partial charge on any atom is 0.342 e. The Morgan fingerprint density at radius 3 is 2.66 bits per heavy atom. The van der Waals surface area contributed by atoms with Crippen LogP contribution >= 0.6 is 23.4 Å². The number of hydrogen-bond donors (Lipinski definition) is 1. The number of halogens is 1. The molecule has 3 rings (SSSR count). The quantitative estimate of drug-likeness (QED) is 0.392. The van der Waals surface area contributed by atoms with E-state index in [-0.39, 0.29) is 16.0 Å². The number of carboxylic acid groups (broad SMARTS) is 1. The molecule has 0 unspecified atom stereocenters. The third kappa shape index (κ3) is 5.10. The minimum Gasteiger partial charge on any atom is -0.493 e. The predicted octanol–water partition coefficient (Wildman–Crippen LogP) is 5.02. The predicted molar refractivity (Wildman–Crippen MR) is 110 cm³/mol. The number of nitrogens with zero attached hydrogens (tertiary/aromatic N) is 2. The summed E-state index contributed by atoms with van der Waals surface area (Å²) in [6, 6.07) is 12.1. The maximum atomic E-state index is 11.8. The molecule has 0 aliphatic rings. The van der Waals surface area contributed by atoms with Gasteiger partial charge < -0.3 is 19.0 Å². The number of carbonyl (C=O) groups is 1. The fourth-order valence-corrected chi connectivity index (χ4v) is 3.23. The van der Waals surface area contributed by atoms with Crippen LogP contribution in [0.4, 0.5) is 0 Å². The van der Waals surface area contributed by atoms with E-state index in [1.807, 2.05) is 6.92 Å². The van der Waals surface area contributed by atoms with E-state index in [1.54, 1.807) is 42.5 Å². The first-order chi connectivity index (χ1) is 14.0. The number of thioether (sulfide) groups is 1. The minimum atomic E-state index is -1.13. The Kier molecular flexibility index (Phi) is 6.79. The van der Waals surface area contributed by atoms with Gasteiger partial charge in [0.25, 0.3) is 5.22 Å².